The predicted molar refractivity (Wildman–Crippen MR) is 62.4 cm³/mol. The highest BCUT2D eigenvalue weighted by molar-refractivity contribution is 6.28. The van der Waals surface area contributed by atoms with Gasteiger partial charge in [-0.25, -0.2) is 14.4 Å². The van der Waals surface area contributed by atoms with E-state index in [1.807, 2.05) is 0 Å². The van der Waals surface area contributed by atoms with Crippen LogP contribution in [0.5, 0.6) is 0 Å². The van der Waals surface area contributed by atoms with E-state index >= 15 is 0 Å². The molecule has 2 heterocycles. The molecule has 2 aliphatic heterocycles. The molecule has 1 fully saturated rings. The Bertz CT molecular complexity index is 465. The summed E-state index contributed by atoms with van der Waals surface area (Å²) in [6.45, 7) is -0.635. The van der Waals surface area contributed by atoms with Gasteiger partial charge < -0.3 is 25.8 Å². The molecule has 2 unspecified atom stereocenters. The average Bonchev–Trinajstić information content (AvgIpc) is 2.63. The lowest BCUT2D eigenvalue weighted by atomic mass is 9.97. The summed E-state index contributed by atoms with van der Waals surface area (Å²) in [6, 6.07) is 0. The van der Waals surface area contributed by atoms with Crippen LogP contribution in [0.1, 0.15) is 0 Å². The van der Waals surface area contributed by atoms with Crippen LogP contribution in [-0.2, 0) is 4.74 Å². The van der Waals surface area contributed by atoms with Gasteiger partial charge in [-0.2, -0.15) is 5.10 Å². The van der Waals surface area contributed by atoms with Crippen LogP contribution >= 0.6 is 0 Å². The summed E-state index contributed by atoms with van der Waals surface area (Å²) >= 11 is 0. The first-order valence-corrected chi connectivity index (χ1v) is 5.38. The highest BCUT2D eigenvalue weighted by atomic mass is 19.1. The number of aliphatic imine (C=N–C) groups is 1. The predicted octanol–water partition coefficient (Wildman–Crippen LogP) is -2.66. The summed E-state index contributed by atoms with van der Waals surface area (Å²) in [5.41, 5.74) is 2.67. The minimum Gasteiger partial charge on any atom is -0.394 e. The van der Waals surface area contributed by atoms with Crippen molar-refractivity contribution in [1.29, 1.82) is 0 Å². The number of nitrogens with two attached hydrogens (primary N) is 1. The Balaban J connectivity index is 2.30. The molecule has 0 aromatic carbocycles. The summed E-state index contributed by atoms with van der Waals surface area (Å²) in [4.78, 5) is 3.55. The van der Waals surface area contributed by atoms with Crippen LogP contribution in [0.4, 0.5) is 4.39 Å². The Hall–Kier alpha value is -1.73. The first kappa shape index (κ1) is 13.7. The molecule has 9 heteroatoms. The van der Waals surface area contributed by atoms with E-state index in [0.29, 0.717) is 0 Å². The molecule has 0 aromatic heterocycles. The second-order valence-corrected chi connectivity index (χ2v) is 4.09. The van der Waals surface area contributed by atoms with E-state index in [1.54, 1.807) is 5.92 Å². The molecular weight excluding hydrogens is 259 g/mol. The largest absolute Gasteiger partial charge is 0.394 e. The molecule has 0 aromatic rings. The number of rotatable bonds is 2. The minimum atomic E-state index is -2.65. The fourth-order valence-corrected chi connectivity index (χ4v) is 1.90. The minimum absolute atomic E-state index is 0.0498. The van der Waals surface area contributed by atoms with Gasteiger partial charge in [-0.15, -0.1) is 6.42 Å². The number of hydrogen-bond acceptors (Lipinski definition) is 8. The van der Waals surface area contributed by atoms with Crippen molar-refractivity contribution in [2.75, 3.05) is 6.61 Å². The van der Waals surface area contributed by atoms with Crippen molar-refractivity contribution in [3.8, 4) is 12.3 Å². The first-order valence-electron chi connectivity index (χ1n) is 5.38. The van der Waals surface area contributed by atoms with E-state index in [2.05, 4.69) is 10.1 Å². The van der Waals surface area contributed by atoms with Gasteiger partial charge in [-0.1, -0.05) is 5.92 Å². The lowest BCUT2D eigenvalue weighted by molar-refractivity contribution is -0.153. The molecule has 0 spiro atoms. The third kappa shape index (κ3) is 2.04. The van der Waals surface area contributed by atoms with E-state index in [1.165, 1.54) is 0 Å². The molecule has 1 saturated heterocycles. The van der Waals surface area contributed by atoms with Gasteiger partial charge in [0.25, 0.3) is 0 Å². The highest BCUT2D eigenvalue weighted by Crippen LogP contribution is 2.37. The molecule has 5 N–H and O–H groups in total. The Morgan fingerprint density at radius 2 is 2.32 bits per heavy atom. The maximum absolute atomic E-state index is 14.6. The van der Waals surface area contributed by atoms with Crippen molar-refractivity contribution < 1.29 is 24.4 Å². The molecule has 0 aliphatic carbocycles. The number of halogens is 1. The normalized spacial score (nSPS) is 42.1. The summed E-state index contributed by atoms with van der Waals surface area (Å²) in [5.74, 6) is 1.72. The van der Waals surface area contributed by atoms with Gasteiger partial charge >= 0.3 is 0 Å². The Kier molecular flexibility index (Phi) is 3.42. The molecule has 2 aliphatic rings. The number of alkyl halides is 1. The number of aliphatic hydroxyl groups excluding tert-OH is 3. The Morgan fingerprint density at radius 1 is 1.63 bits per heavy atom. The van der Waals surface area contributed by atoms with Crippen molar-refractivity contribution in [2.45, 2.75) is 30.5 Å². The number of nitrogens with zero attached hydrogens (tertiary/aromatic N) is 3. The van der Waals surface area contributed by atoms with Crippen molar-refractivity contribution >= 4 is 12.1 Å². The third-order valence-corrected chi connectivity index (χ3v) is 2.91. The van der Waals surface area contributed by atoms with Gasteiger partial charge in [0.1, 0.15) is 18.0 Å². The topological polar surface area (TPSA) is 124 Å². The fourth-order valence-electron chi connectivity index (χ4n) is 1.90. The van der Waals surface area contributed by atoms with Crippen LogP contribution in [0.25, 0.3) is 0 Å². The second kappa shape index (κ2) is 4.75. The lowest BCUT2D eigenvalue weighted by Gasteiger charge is -2.33. The number of terminal acetylenes is 1. The molecule has 0 saturated carbocycles. The van der Waals surface area contributed by atoms with Gasteiger partial charge in [-0.05, 0) is 0 Å². The van der Waals surface area contributed by atoms with E-state index in [-0.39, 0.29) is 5.84 Å². The molecule has 0 bridgehead atoms. The SMILES string of the molecule is C#CC1(F)[C@@H](O)[C@@H](CO)O[C@H]1N1N=CC(N)=NC1O. The maximum Gasteiger partial charge on any atom is 0.245 e. The molecule has 2 rings (SSSR count). The van der Waals surface area contributed by atoms with Crippen LogP contribution in [0, 0.1) is 12.3 Å². The third-order valence-electron chi connectivity index (χ3n) is 2.91. The van der Waals surface area contributed by atoms with Gasteiger partial charge in [0.2, 0.25) is 12.0 Å². The molecular formula is C10H13FN4O4. The second-order valence-electron chi connectivity index (χ2n) is 4.09. The standard InChI is InChI=1S/C10H13FN4O4/c1-2-10(11)7(17)5(4-16)19-8(10)15-9(18)14-6(12)3-13-15/h1,3,5,7-9,16-18H,4H2,(H2,12,14)/t5-,7+,8-,9?,10?/m1/s1. The lowest BCUT2D eigenvalue weighted by Crippen LogP contribution is -2.53. The molecule has 0 amide bonds. The molecule has 8 nitrogen and oxygen atoms in total. The van der Waals surface area contributed by atoms with E-state index in [9.17, 15) is 14.6 Å². The van der Waals surface area contributed by atoms with Crippen molar-refractivity contribution in [2.24, 2.45) is 15.8 Å². The zero-order valence-corrected chi connectivity index (χ0v) is 9.72. The van der Waals surface area contributed by atoms with E-state index in [4.69, 9.17) is 22.0 Å². The van der Waals surface area contributed by atoms with Crippen molar-refractivity contribution in [1.82, 2.24) is 5.01 Å². The fraction of sp³-hybridized carbons (Fsp3) is 0.600. The van der Waals surface area contributed by atoms with Gasteiger partial charge in [0.05, 0.1) is 12.8 Å². The molecule has 104 valence electrons. The van der Waals surface area contributed by atoms with Crippen molar-refractivity contribution in [3.63, 3.8) is 0 Å². The van der Waals surface area contributed by atoms with Crippen LogP contribution in [-0.4, -0.2) is 69.4 Å². The van der Waals surface area contributed by atoms with Crippen LogP contribution in [0.3, 0.4) is 0 Å². The summed E-state index contributed by atoms with van der Waals surface area (Å²) in [5, 5.41) is 32.8. The Labute approximate surface area is 108 Å². The monoisotopic (exact) mass is 272 g/mol. The molecule has 19 heavy (non-hydrogen) atoms. The number of ether oxygens (including phenoxy) is 1. The van der Waals surface area contributed by atoms with Gasteiger partial charge in [0.15, 0.2) is 6.23 Å². The van der Waals surface area contributed by atoms with Gasteiger partial charge in [-0.3, -0.25) is 0 Å². The van der Waals surface area contributed by atoms with E-state index in [0.717, 1.165) is 11.2 Å². The summed E-state index contributed by atoms with van der Waals surface area (Å²) in [7, 11) is 0. The maximum atomic E-state index is 14.6. The van der Waals surface area contributed by atoms with Crippen LogP contribution < -0.4 is 5.73 Å². The molecule has 5 atom stereocenters. The first-order chi connectivity index (χ1) is 8.93. The van der Waals surface area contributed by atoms with Crippen molar-refractivity contribution in [3.05, 3.63) is 0 Å². The molecule has 0 radical (unpaired) electrons. The zero-order valence-electron chi connectivity index (χ0n) is 9.72. The Morgan fingerprint density at radius 3 is 2.84 bits per heavy atom. The quantitative estimate of drug-likeness (QED) is 0.407. The summed E-state index contributed by atoms with van der Waals surface area (Å²) in [6.07, 6.45) is -0.00839. The number of hydrogen-bond donors (Lipinski definition) is 4. The highest BCUT2D eigenvalue weighted by Gasteiger charge is 2.59. The van der Waals surface area contributed by atoms with E-state index < -0.39 is 37.1 Å². The summed E-state index contributed by atoms with van der Waals surface area (Å²) < 4.78 is 19.7. The average molecular weight is 272 g/mol. The van der Waals surface area contributed by atoms with Crippen LogP contribution in [0.2, 0.25) is 0 Å². The van der Waals surface area contributed by atoms with Gasteiger partial charge in [0, 0.05) is 0 Å². The number of aliphatic hydroxyl groups is 3. The smallest absolute Gasteiger partial charge is 0.245 e. The zero-order chi connectivity index (χ0) is 14.2. The van der Waals surface area contributed by atoms with Crippen LogP contribution in [0.15, 0.2) is 10.1 Å². The number of hydrazone groups is 1. The number of amidine groups is 1.